The number of pyridine rings is 1. The number of halogens is 2. The number of aromatic amines is 1. The van der Waals surface area contributed by atoms with E-state index in [4.69, 9.17) is 4.74 Å². The van der Waals surface area contributed by atoms with E-state index in [-0.39, 0.29) is 11.2 Å². The van der Waals surface area contributed by atoms with Gasteiger partial charge in [0.15, 0.2) is 0 Å². The van der Waals surface area contributed by atoms with E-state index in [0.717, 1.165) is 53.8 Å². The summed E-state index contributed by atoms with van der Waals surface area (Å²) in [7, 11) is 0. The van der Waals surface area contributed by atoms with Gasteiger partial charge in [-0.1, -0.05) is 19.1 Å². The third-order valence-corrected chi connectivity index (χ3v) is 5.31. The molecule has 2 N–H and O–H groups in total. The Hall–Kier alpha value is -2.67. The molecule has 0 spiro atoms. The predicted octanol–water partition coefficient (Wildman–Crippen LogP) is 4.60. The highest BCUT2D eigenvalue weighted by molar-refractivity contribution is 5.98. The summed E-state index contributed by atoms with van der Waals surface area (Å²) >= 11 is 0. The van der Waals surface area contributed by atoms with Gasteiger partial charge in [-0.25, -0.2) is 4.98 Å². The Balaban J connectivity index is 1.61. The van der Waals surface area contributed by atoms with Crippen molar-refractivity contribution in [2.24, 2.45) is 5.41 Å². The summed E-state index contributed by atoms with van der Waals surface area (Å²) in [5, 5.41) is 4.27. The number of aromatic nitrogens is 2. The van der Waals surface area contributed by atoms with Crippen molar-refractivity contribution in [3.8, 4) is 22.6 Å². The van der Waals surface area contributed by atoms with E-state index in [2.05, 4.69) is 26.9 Å². The van der Waals surface area contributed by atoms with E-state index in [1.54, 1.807) is 18.3 Å². The molecule has 0 aliphatic carbocycles. The van der Waals surface area contributed by atoms with Crippen LogP contribution in [0, 0.1) is 5.41 Å². The molecule has 0 radical (unpaired) electrons. The highest BCUT2D eigenvalue weighted by atomic mass is 19.3. The molecule has 1 aliphatic rings. The Bertz CT molecular complexity index is 934. The standard InChI is InChI=1S/C21H23F2N3O2/c1-21(7-10-24-11-8-21)13-27-17-6-9-25-19-18(17)16(12-26-19)14-2-4-15(5-3-14)28-20(22)23/h2-6,9,12,20,24H,7-8,10-11,13H2,1H3,(H,25,26). The van der Waals surface area contributed by atoms with Crippen molar-refractivity contribution in [2.45, 2.75) is 26.4 Å². The molecule has 5 nitrogen and oxygen atoms in total. The second kappa shape index (κ2) is 7.75. The van der Waals surface area contributed by atoms with Crippen LogP contribution in [0.5, 0.6) is 11.5 Å². The van der Waals surface area contributed by atoms with Gasteiger partial charge in [-0.15, -0.1) is 0 Å². The first-order valence-corrected chi connectivity index (χ1v) is 9.39. The maximum absolute atomic E-state index is 12.4. The number of fused-ring (bicyclic) bond motifs is 1. The van der Waals surface area contributed by atoms with Gasteiger partial charge in [0.1, 0.15) is 17.1 Å². The molecular weight excluding hydrogens is 364 g/mol. The topological polar surface area (TPSA) is 59.2 Å². The Morgan fingerprint density at radius 1 is 1.14 bits per heavy atom. The van der Waals surface area contributed by atoms with Crippen LogP contribution in [0.15, 0.2) is 42.7 Å². The lowest BCUT2D eigenvalue weighted by Gasteiger charge is -2.33. The lowest BCUT2D eigenvalue weighted by Crippen LogP contribution is -2.38. The van der Waals surface area contributed by atoms with E-state index in [9.17, 15) is 8.78 Å². The molecular formula is C21H23F2N3O2. The van der Waals surface area contributed by atoms with Crippen LogP contribution in [0.1, 0.15) is 19.8 Å². The Morgan fingerprint density at radius 3 is 2.61 bits per heavy atom. The molecule has 2 aromatic heterocycles. The van der Waals surface area contributed by atoms with Crippen molar-refractivity contribution in [2.75, 3.05) is 19.7 Å². The monoisotopic (exact) mass is 387 g/mol. The van der Waals surface area contributed by atoms with Crippen molar-refractivity contribution >= 4 is 11.0 Å². The minimum Gasteiger partial charge on any atom is -0.492 e. The molecule has 1 aliphatic heterocycles. The first kappa shape index (κ1) is 18.7. The fourth-order valence-electron chi connectivity index (χ4n) is 3.62. The van der Waals surface area contributed by atoms with Crippen LogP contribution in [0.3, 0.4) is 0 Å². The first-order valence-electron chi connectivity index (χ1n) is 9.39. The number of benzene rings is 1. The molecule has 0 atom stereocenters. The van der Waals surface area contributed by atoms with E-state index < -0.39 is 6.61 Å². The van der Waals surface area contributed by atoms with Crippen LogP contribution < -0.4 is 14.8 Å². The Kier molecular flexibility index (Phi) is 5.17. The molecule has 7 heteroatoms. The lowest BCUT2D eigenvalue weighted by molar-refractivity contribution is -0.0498. The number of rotatable bonds is 6. The van der Waals surface area contributed by atoms with Gasteiger partial charge in [0.05, 0.1) is 12.0 Å². The molecule has 1 saturated heterocycles. The summed E-state index contributed by atoms with van der Waals surface area (Å²) in [6.45, 7) is 2.08. The molecule has 4 rings (SSSR count). The van der Waals surface area contributed by atoms with Crippen LogP contribution in [0.4, 0.5) is 8.78 Å². The first-order chi connectivity index (χ1) is 13.5. The van der Waals surface area contributed by atoms with E-state index in [0.29, 0.717) is 6.61 Å². The minimum absolute atomic E-state index is 0.132. The highest BCUT2D eigenvalue weighted by Crippen LogP contribution is 2.37. The Labute approximate surface area is 162 Å². The number of piperidine rings is 1. The van der Waals surface area contributed by atoms with Crippen LogP contribution in [0.2, 0.25) is 0 Å². The van der Waals surface area contributed by atoms with Gasteiger partial charge in [-0.05, 0) is 49.7 Å². The fourth-order valence-corrected chi connectivity index (χ4v) is 3.62. The van der Waals surface area contributed by atoms with Gasteiger partial charge in [-0.2, -0.15) is 8.78 Å². The van der Waals surface area contributed by atoms with Gasteiger partial charge in [0.25, 0.3) is 0 Å². The zero-order chi connectivity index (χ0) is 19.6. The van der Waals surface area contributed by atoms with Gasteiger partial charge >= 0.3 is 6.61 Å². The van der Waals surface area contributed by atoms with Crippen LogP contribution in [0.25, 0.3) is 22.2 Å². The number of hydrogen-bond donors (Lipinski definition) is 2. The van der Waals surface area contributed by atoms with Crippen molar-refractivity contribution in [1.29, 1.82) is 0 Å². The lowest BCUT2D eigenvalue weighted by atomic mass is 9.82. The molecule has 3 aromatic rings. The molecule has 1 fully saturated rings. The van der Waals surface area contributed by atoms with Crippen molar-refractivity contribution in [3.63, 3.8) is 0 Å². The third-order valence-electron chi connectivity index (χ3n) is 5.31. The number of alkyl halides is 2. The second-order valence-corrected chi connectivity index (χ2v) is 7.49. The maximum atomic E-state index is 12.4. The normalized spacial score (nSPS) is 16.4. The van der Waals surface area contributed by atoms with Gasteiger partial charge in [-0.3, -0.25) is 0 Å². The summed E-state index contributed by atoms with van der Waals surface area (Å²) in [5.74, 6) is 0.904. The maximum Gasteiger partial charge on any atom is 0.387 e. The third kappa shape index (κ3) is 3.94. The summed E-state index contributed by atoms with van der Waals surface area (Å²) in [6.07, 6.45) is 5.74. The predicted molar refractivity (Wildman–Crippen MR) is 104 cm³/mol. The van der Waals surface area contributed by atoms with Crippen molar-refractivity contribution < 1.29 is 18.3 Å². The van der Waals surface area contributed by atoms with Crippen LogP contribution in [-0.4, -0.2) is 36.3 Å². The average molecular weight is 387 g/mol. The Morgan fingerprint density at radius 2 is 1.89 bits per heavy atom. The average Bonchev–Trinajstić information content (AvgIpc) is 3.12. The van der Waals surface area contributed by atoms with Gasteiger partial charge in [0, 0.05) is 23.4 Å². The van der Waals surface area contributed by atoms with Crippen LogP contribution in [-0.2, 0) is 0 Å². The van der Waals surface area contributed by atoms with Gasteiger partial charge in [0.2, 0.25) is 0 Å². The smallest absolute Gasteiger partial charge is 0.387 e. The quantitative estimate of drug-likeness (QED) is 0.649. The fraction of sp³-hybridized carbons (Fsp3) is 0.381. The second-order valence-electron chi connectivity index (χ2n) is 7.49. The number of ether oxygens (including phenoxy) is 2. The number of H-pyrrole nitrogens is 1. The van der Waals surface area contributed by atoms with E-state index in [1.165, 1.54) is 12.1 Å². The highest BCUT2D eigenvalue weighted by Gasteiger charge is 2.28. The zero-order valence-electron chi connectivity index (χ0n) is 15.7. The summed E-state index contributed by atoms with van der Waals surface area (Å²) in [4.78, 5) is 7.56. The molecule has 0 amide bonds. The molecule has 0 saturated carbocycles. The molecule has 28 heavy (non-hydrogen) atoms. The molecule has 3 heterocycles. The summed E-state index contributed by atoms with van der Waals surface area (Å²) < 4.78 is 35.4. The molecule has 0 unspecified atom stereocenters. The number of hydrogen-bond acceptors (Lipinski definition) is 4. The molecule has 0 bridgehead atoms. The number of nitrogens with zero attached hydrogens (tertiary/aromatic N) is 1. The summed E-state index contributed by atoms with van der Waals surface area (Å²) in [5.41, 5.74) is 2.66. The largest absolute Gasteiger partial charge is 0.492 e. The van der Waals surface area contributed by atoms with Crippen molar-refractivity contribution in [3.05, 3.63) is 42.7 Å². The minimum atomic E-state index is -2.83. The molecule has 1 aromatic carbocycles. The molecule has 148 valence electrons. The van der Waals surface area contributed by atoms with Crippen LogP contribution >= 0.6 is 0 Å². The van der Waals surface area contributed by atoms with E-state index >= 15 is 0 Å². The number of nitrogens with one attached hydrogen (secondary N) is 2. The summed E-state index contributed by atoms with van der Waals surface area (Å²) in [6, 6.07) is 8.45. The SMILES string of the molecule is CC1(COc2ccnc3[nH]cc(-c4ccc(OC(F)F)cc4)c23)CCNCC1. The van der Waals surface area contributed by atoms with Gasteiger partial charge < -0.3 is 19.8 Å². The van der Waals surface area contributed by atoms with E-state index in [1.807, 2.05) is 12.3 Å². The zero-order valence-corrected chi connectivity index (χ0v) is 15.7. The van der Waals surface area contributed by atoms with Crippen molar-refractivity contribution in [1.82, 2.24) is 15.3 Å².